The molecule has 212 valence electrons. The maximum absolute atomic E-state index is 6.25. The number of hydrogen-bond donors (Lipinski definition) is 0. The molecule has 1 aliphatic carbocycles. The van der Waals surface area contributed by atoms with E-state index in [4.69, 9.17) is 9.40 Å². The van der Waals surface area contributed by atoms with E-state index in [9.17, 15) is 0 Å². The van der Waals surface area contributed by atoms with Crippen LogP contribution in [0.25, 0.3) is 82.6 Å². The molecule has 0 radical (unpaired) electrons. The minimum absolute atomic E-state index is 0.139. The Hall–Kier alpha value is -5.74. The van der Waals surface area contributed by atoms with Crippen LogP contribution in [0.1, 0.15) is 25.0 Å². The number of hydrogen-bond acceptors (Lipinski definition) is 3. The number of benzene rings is 5. The molecule has 45 heavy (non-hydrogen) atoms. The van der Waals surface area contributed by atoms with Crippen LogP contribution < -0.4 is 0 Å². The molecule has 0 spiro atoms. The van der Waals surface area contributed by atoms with Gasteiger partial charge in [-0.2, -0.15) is 0 Å². The van der Waals surface area contributed by atoms with Crippen molar-refractivity contribution in [2.75, 3.05) is 0 Å². The Bertz CT molecular complexity index is 2680. The molecule has 0 fully saturated rings. The zero-order chi connectivity index (χ0) is 29.9. The summed E-state index contributed by atoms with van der Waals surface area (Å²) in [6.07, 6.45) is 5.62. The molecule has 0 unspecified atom stereocenters. The first-order valence-electron chi connectivity index (χ1n) is 15.4. The topological polar surface area (TPSA) is 43.9 Å². The van der Waals surface area contributed by atoms with E-state index in [1.54, 1.807) is 0 Å². The van der Waals surface area contributed by atoms with E-state index in [0.717, 1.165) is 49.7 Å². The molecule has 0 amide bonds. The van der Waals surface area contributed by atoms with Gasteiger partial charge in [-0.3, -0.25) is 9.97 Å². The Morgan fingerprint density at radius 2 is 1.49 bits per heavy atom. The number of pyridine rings is 2. The minimum atomic E-state index is -0.139. The highest BCUT2D eigenvalue weighted by Crippen LogP contribution is 2.53. The summed E-state index contributed by atoms with van der Waals surface area (Å²) in [5.74, 6) is 0. The monoisotopic (exact) mass is 577 g/mol. The van der Waals surface area contributed by atoms with Gasteiger partial charge in [-0.25, -0.2) is 0 Å². The van der Waals surface area contributed by atoms with Crippen LogP contribution in [0.5, 0.6) is 0 Å². The van der Waals surface area contributed by atoms with E-state index < -0.39 is 0 Å². The molecule has 0 saturated carbocycles. The van der Waals surface area contributed by atoms with Crippen LogP contribution in [0, 0.1) is 0 Å². The van der Waals surface area contributed by atoms with Gasteiger partial charge < -0.3 is 8.98 Å². The fourth-order valence-electron chi connectivity index (χ4n) is 7.90. The van der Waals surface area contributed by atoms with Gasteiger partial charge >= 0.3 is 0 Å². The number of nitrogens with zero attached hydrogens (tertiary/aromatic N) is 3. The zero-order valence-corrected chi connectivity index (χ0v) is 24.9. The summed E-state index contributed by atoms with van der Waals surface area (Å²) in [6.45, 7) is 4.73. The Morgan fingerprint density at radius 1 is 0.644 bits per heavy atom. The zero-order valence-electron chi connectivity index (χ0n) is 24.9. The molecule has 4 heterocycles. The molecule has 0 saturated heterocycles. The lowest BCUT2D eigenvalue weighted by Crippen LogP contribution is -2.15. The Labute approximate surface area is 259 Å². The maximum Gasteiger partial charge on any atom is 0.153 e. The standard InChI is InChI=1S/C41H27N3O/c1-41(2)32-11-7-6-10-28(32)29-14-16-35-39(40(29)41)30-20-24(12-15-34(30)44(35)26-8-4-3-5-9-26)33-21-31-37(23-43-33)45-36-17-13-25-22-42-19-18-27(25)38(31)36/h3-23H,1-2H3. The lowest BCUT2D eigenvalue weighted by atomic mass is 9.80. The van der Waals surface area contributed by atoms with E-state index in [1.165, 1.54) is 44.1 Å². The number of rotatable bonds is 2. The first kappa shape index (κ1) is 24.7. The van der Waals surface area contributed by atoms with Crippen LogP contribution in [-0.2, 0) is 5.41 Å². The van der Waals surface area contributed by atoms with E-state index in [0.29, 0.717) is 0 Å². The van der Waals surface area contributed by atoms with E-state index in [2.05, 4.69) is 127 Å². The second kappa shape index (κ2) is 8.67. The number of para-hydroxylation sites is 1. The molecule has 10 rings (SSSR count). The van der Waals surface area contributed by atoms with Crippen LogP contribution in [0.15, 0.2) is 132 Å². The Morgan fingerprint density at radius 3 is 2.40 bits per heavy atom. The lowest BCUT2D eigenvalue weighted by Gasteiger charge is -2.22. The van der Waals surface area contributed by atoms with Crippen LogP contribution in [-0.4, -0.2) is 14.5 Å². The first-order chi connectivity index (χ1) is 22.1. The van der Waals surface area contributed by atoms with E-state index in [-0.39, 0.29) is 5.41 Å². The first-order valence-corrected chi connectivity index (χ1v) is 15.4. The highest BCUT2D eigenvalue weighted by molar-refractivity contribution is 6.19. The van der Waals surface area contributed by atoms with E-state index >= 15 is 0 Å². The molecular weight excluding hydrogens is 550 g/mol. The third-order valence-corrected chi connectivity index (χ3v) is 9.90. The summed E-state index contributed by atoms with van der Waals surface area (Å²) in [7, 11) is 0. The van der Waals surface area contributed by atoms with Gasteiger partial charge in [0.2, 0.25) is 0 Å². The molecule has 0 N–H and O–H groups in total. The van der Waals surface area contributed by atoms with Gasteiger partial charge in [0.1, 0.15) is 5.58 Å². The molecule has 0 aliphatic heterocycles. The third kappa shape index (κ3) is 3.26. The van der Waals surface area contributed by atoms with Crippen molar-refractivity contribution in [2.24, 2.45) is 0 Å². The average molecular weight is 578 g/mol. The normalized spacial score (nSPS) is 13.7. The SMILES string of the molecule is CC1(C)c2ccccc2-c2ccc3c(c21)c1cc(-c2cc4c(cn2)oc2ccc5cnccc5c24)ccc1n3-c1ccccc1. The summed E-state index contributed by atoms with van der Waals surface area (Å²) < 4.78 is 8.66. The van der Waals surface area contributed by atoms with Gasteiger partial charge in [0.25, 0.3) is 0 Å². The van der Waals surface area contributed by atoms with Crippen LogP contribution in [0.2, 0.25) is 0 Å². The second-order valence-corrected chi connectivity index (χ2v) is 12.7. The lowest BCUT2D eigenvalue weighted by molar-refractivity contribution is 0.666. The minimum Gasteiger partial charge on any atom is -0.454 e. The summed E-state index contributed by atoms with van der Waals surface area (Å²) in [4.78, 5) is 9.25. The smallest absolute Gasteiger partial charge is 0.153 e. The summed E-state index contributed by atoms with van der Waals surface area (Å²) in [5.41, 5.74) is 12.5. The molecule has 4 aromatic heterocycles. The number of fused-ring (bicyclic) bond motifs is 12. The van der Waals surface area contributed by atoms with Gasteiger partial charge in [-0.05, 0) is 82.2 Å². The van der Waals surface area contributed by atoms with Gasteiger partial charge in [0.05, 0.1) is 22.9 Å². The third-order valence-electron chi connectivity index (χ3n) is 9.90. The van der Waals surface area contributed by atoms with E-state index in [1.807, 2.05) is 24.7 Å². The van der Waals surface area contributed by atoms with Crippen molar-refractivity contribution >= 4 is 54.5 Å². The molecule has 5 aromatic carbocycles. The van der Waals surface area contributed by atoms with Gasteiger partial charge in [0, 0.05) is 56.0 Å². The van der Waals surface area contributed by atoms with Gasteiger partial charge in [-0.15, -0.1) is 0 Å². The largest absolute Gasteiger partial charge is 0.454 e. The van der Waals surface area contributed by atoms with Crippen molar-refractivity contribution in [2.45, 2.75) is 19.3 Å². The number of furan rings is 1. The van der Waals surface area contributed by atoms with Crippen molar-refractivity contribution in [3.8, 4) is 28.1 Å². The molecule has 1 aliphatic rings. The van der Waals surface area contributed by atoms with Crippen molar-refractivity contribution in [1.29, 1.82) is 0 Å². The molecule has 9 aromatic rings. The van der Waals surface area contributed by atoms with Gasteiger partial charge in [-0.1, -0.05) is 68.4 Å². The van der Waals surface area contributed by atoms with Gasteiger partial charge in [0.15, 0.2) is 5.58 Å². The van der Waals surface area contributed by atoms with Crippen molar-refractivity contribution in [3.05, 3.63) is 139 Å². The fourth-order valence-corrected chi connectivity index (χ4v) is 7.90. The second-order valence-electron chi connectivity index (χ2n) is 12.7. The highest BCUT2D eigenvalue weighted by Gasteiger charge is 2.38. The Kier molecular flexibility index (Phi) is 4.76. The quantitative estimate of drug-likeness (QED) is 0.205. The summed E-state index contributed by atoms with van der Waals surface area (Å²) >= 11 is 0. The van der Waals surface area contributed by atoms with Crippen LogP contribution >= 0.6 is 0 Å². The predicted molar refractivity (Wildman–Crippen MR) is 184 cm³/mol. The maximum atomic E-state index is 6.25. The molecule has 0 bridgehead atoms. The van der Waals surface area contributed by atoms with Crippen LogP contribution in [0.3, 0.4) is 0 Å². The molecule has 0 atom stereocenters. The molecule has 4 heteroatoms. The summed E-state index contributed by atoms with van der Waals surface area (Å²) in [6, 6.07) is 39.4. The predicted octanol–water partition coefficient (Wildman–Crippen LogP) is 10.6. The Balaban J connectivity index is 1.28. The summed E-state index contributed by atoms with van der Waals surface area (Å²) in [5, 5.41) is 6.95. The van der Waals surface area contributed by atoms with Crippen LogP contribution in [0.4, 0.5) is 0 Å². The fraction of sp³-hybridized carbons (Fsp3) is 0.0732. The average Bonchev–Trinajstić information content (AvgIpc) is 3.70. The molecule has 4 nitrogen and oxygen atoms in total. The van der Waals surface area contributed by atoms with Crippen molar-refractivity contribution < 1.29 is 4.42 Å². The molecular formula is C41H27N3O. The van der Waals surface area contributed by atoms with Crippen molar-refractivity contribution in [3.63, 3.8) is 0 Å². The van der Waals surface area contributed by atoms with Crippen molar-refractivity contribution in [1.82, 2.24) is 14.5 Å². The highest BCUT2D eigenvalue weighted by atomic mass is 16.3. The number of aromatic nitrogens is 3.